The van der Waals surface area contributed by atoms with Crippen molar-refractivity contribution in [3.05, 3.63) is 10.5 Å². The third-order valence-electron chi connectivity index (χ3n) is 3.72. The summed E-state index contributed by atoms with van der Waals surface area (Å²) in [6.45, 7) is 9.40. The highest BCUT2D eigenvalue weighted by Gasteiger charge is 2.15. The van der Waals surface area contributed by atoms with Gasteiger partial charge in [0.2, 0.25) is 5.91 Å². The number of rotatable bonds is 6. The van der Waals surface area contributed by atoms with Crippen molar-refractivity contribution in [2.24, 2.45) is 0 Å². The van der Waals surface area contributed by atoms with Gasteiger partial charge in [0.1, 0.15) is 5.52 Å². The Morgan fingerprint density at radius 2 is 2.19 bits per heavy atom. The summed E-state index contributed by atoms with van der Waals surface area (Å²) in [4.78, 5) is 15.1. The Hall–Kier alpha value is -1.63. The van der Waals surface area contributed by atoms with Crippen molar-refractivity contribution < 1.29 is 4.79 Å². The number of nitrogens with one attached hydrogen (secondary N) is 2. The minimum atomic E-state index is 0.0554. The molecule has 1 atom stereocenters. The van der Waals surface area contributed by atoms with E-state index in [9.17, 15) is 4.79 Å². The molecule has 2 heterocycles. The molecule has 6 nitrogen and oxygen atoms in total. The fourth-order valence-electron chi connectivity index (χ4n) is 2.35. The molecule has 2 rings (SSSR count). The molecule has 7 heteroatoms. The fraction of sp³-hybridized carbons (Fsp3) is 0.643. The zero-order valence-electron chi connectivity index (χ0n) is 13.1. The van der Waals surface area contributed by atoms with Crippen LogP contribution in [0.15, 0.2) is 0 Å². The Morgan fingerprint density at radius 3 is 2.81 bits per heavy atom. The number of imidazole rings is 1. The molecule has 21 heavy (non-hydrogen) atoms. The van der Waals surface area contributed by atoms with E-state index < -0.39 is 0 Å². The predicted molar refractivity (Wildman–Crippen MR) is 85.8 cm³/mol. The van der Waals surface area contributed by atoms with Gasteiger partial charge in [0.15, 0.2) is 10.4 Å². The lowest BCUT2D eigenvalue weighted by molar-refractivity contribution is -0.121. The first-order valence-corrected chi connectivity index (χ1v) is 7.84. The van der Waals surface area contributed by atoms with Crippen LogP contribution in [0.4, 0.5) is 0 Å². The maximum absolute atomic E-state index is 11.9. The summed E-state index contributed by atoms with van der Waals surface area (Å²) in [6.07, 6.45) is 1.35. The van der Waals surface area contributed by atoms with Crippen molar-refractivity contribution in [3.63, 3.8) is 0 Å². The Bertz CT molecular complexity index is 696. The van der Waals surface area contributed by atoms with Crippen LogP contribution in [-0.2, 0) is 17.9 Å². The van der Waals surface area contributed by atoms with E-state index in [1.165, 1.54) is 0 Å². The molecule has 0 bridgehead atoms. The Balaban J connectivity index is 2.20. The lowest BCUT2D eigenvalue weighted by atomic mass is 10.2. The molecular weight excluding hydrogens is 286 g/mol. The average molecular weight is 309 g/mol. The van der Waals surface area contributed by atoms with Crippen LogP contribution >= 0.6 is 12.2 Å². The second kappa shape index (κ2) is 6.43. The van der Waals surface area contributed by atoms with Crippen LogP contribution in [-0.4, -0.2) is 31.3 Å². The van der Waals surface area contributed by atoms with Crippen molar-refractivity contribution >= 4 is 29.3 Å². The van der Waals surface area contributed by atoms with E-state index in [4.69, 9.17) is 12.2 Å². The molecular formula is C14H23N5OS. The highest BCUT2D eigenvalue weighted by Crippen LogP contribution is 2.18. The molecule has 0 fully saturated rings. The van der Waals surface area contributed by atoms with Crippen LogP contribution in [0, 0.1) is 11.7 Å². The standard InChI is InChI=1S/C14H23N5OS/c1-5-9(3)15-11(20)7-8-18-13-12(16-14(18)21)10(4)17-19(13)6-2/h9H,5-8H2,1-4H3,(H,15,20)(H,16,21). The number of nitrogens with zero attached hydrogens (tertiary/aromatic N) is 3. The van der Waals surface area contributed by atoms with Crippen molar-refractivity contribution in [1.29, 1.82) is 0 Å². The molecule has 2 aromatic heterocycles. The lowest BCUT2D eigenvalue weighted by Gasteiger charge is -2.11. The minimum absolute atomic E-state index is 0.0554. The molecule has 1 unspecified atom stereocenters. The molecule has 0 saturated carbocycles. The smallest absolute Gasteiger partial charge is 0.222 e. The molecule has 0 saturated heterocycles. The molecule has 116 valence electrons. The first-order chi connectivity index (χ1) is 9.97. The molecule has 2 aromatic rings. The van der Waals surface area contributed by atoms with Crippen molar-refractivity contribution in [3.8, 4) is 0 Å². The average Bonchev–Trinajstić information content (AvgIpc) is 2.93. The van der Waals surface area contributed by atoms with Crippen molar-refractivity contribution in [2.75, 3.05) is 0 Å². The van der Waals surface area contributed by atoms with Gasteiger partial charge in [-0.1, -0.05) is 6.92 Å². The van der Waals surface area contributed by atoms with E-state index in [1.807, 2.05) is 30.0 Å². The van der Waals surface area contributed by atoms with Crippen LogP contribution in [0.5, 0.6) is 0 Å². The normalized spacial score (nSPS) is 12.8. The van der Waals surface area contributed by atoms with Gasteiger partial charge < -0.3 is 14.9 Å². The van der Waals surface area contributed by atoms with E-state index in [0.717, 1.165) is 29.8 Å². The highest BCUT2D eigenvalue weighted by atomic mass is 32.1. The van der Waals surface area contributed by atoms with Crippen LogP contribution in [0.1, 0.15) is 39.3 Å². The minimum Gasteiger partial charge on any atom is -0.354 e. The number of carbonyl (C=O) groups is 1. The summed E-state index contributed by atoms with van der Waals surface area (Å²) in [5, 5.41) is 7.45. The van der Waals surface area contributed by atoms with Gasteiger partial charge in [0.25, 0.3) is 0 Å². The van der Waals surface area contributed by atoms with Gasteiger partial charge in [-0.15, -0.1) is 0 Å². The Morgan fingerprint density at radius 1 is 1.48 bits per heavy atom. The summed E-state index contributed by atoms with van der Waals surface area (Å²) >= 11 is 5.37. The third kappa shape index (κ3) is 3.18. The largest absolute Gasteiger partial charge is 0.354 e. The molecule has 2 N–H and O–H groups in total. The Labute approximate surface area is 129 Å². The molecule has 1 amide bonds. The first-order valence-electron chi connectivity index (χ1n) is 7.43. The second-order valence-electron chi connectivity index (χ2n) is 5.31. The van der Waals surface area contributed by atoms with Crippen LogP contribution in [0.25, 0.3) is 11.2 Å². The molecule has 0 spiro atoms. The van der Waals surface area contributed by atoms with Gasteiger partial charge in [0, 0.05) is 25.6 Å². The SMILES string of the molecule is CCC(C)NC(=O)CCn1c(=S)[nH]c2c(C)nn(CC)c21. The number of hydrogen-bond donors (Lipinski definition) is 2. The van der Waals surface area contributed by atoms with Gasteiger partial charge in [-0.2, -0.15) is 5.10 Å². The number of aromatic nitrogens is 4. The van der Waals surface area contributed by atoms with E-state index in [-0.39, 0.29) is 11.9 Å². The maximum Gasteiger partial charge on any atom is 0.222 e. The lowest BCUT2D eigenvalue weighted by Crippen LogP contribution is -2.32. The molecule has 0 aliphatic carbocycles. The van der Waals surface area contributed by atoms with Crippen LogP contribution in [0.3, 0.4) is 0 Å². The first kappa shape index (κ1) is 15.8. The Kier molecular flexibility index (Phi) is 4.82. The molecule has 0 aromatic carbocycles. The summed E-state index contributed by atoms with van der Waals surface area (Å²) in [6, 6.07) is 0.208. The van der Waals surface area contributed by atoms with E-state index in [0.29, 0.717) is 17.7 Å². The highest BCUT2D eigenvalue weighted by molar-refractivity contribution is 7.71. The van der Waals surface area contributed by atoms with Crippen molar-refractivity contribution in [2.45, 2.75) is 59.7 Å². The van der Waals surface area contributed by atoms with E-state index in [2.05, 4.69) is 22.3 Å². The fourth-order valence-corrected chi connectivity index (χ4v) is 2.63. The third-order valence-corrected chi connectivity index (χ3v) is 4.04. The van der Waals surface area contributed by atoms with Crippen LogP contribution < -0.4 is 5.32 Å². The zero-order chi connectivity index (χ0) is 15.6. The van der Waals surface area contributed by atoms with E-state index >= 15 is 0 Å². The number of carbonyl (C=O) groups excluding carboxylic acids is 1. The van der Waals surface area contributed by atoms with Gasteiger partial charge in [-0.25, -0.2) is 4.68 Å². The van der Waals surface area contributed by atoms with Gasteiger partial charge in [-0.3, -0.25) is 4.79 Å². The summed E-state index contributed by atoms with van der Waals surface area (Å²) < 4.78 is 4.53. The monoisotopic (exact) mass is 309 g/mol. The summed E-state index contributed by atoms with van der Waals surface area (Å²) in [5.41, 5.74) is 2.86. The van der Waals surface area contributed by atoms with Crippen molar-refractivity contribution in [1.82, 2.24) is 24.6 Å². The molecule has 0 aliphatic heterocycles. The number of hydrogen-bond acceptors (Lipinski definition) is 3. The van der Waals surface area contributed by atoms with Gasteiger partial charge in [0.05, 0.1) is 5.69 Å². The summed E-state index contributed by atoms with van der Waals surface area (Å²) in [7, 11) is 0. The zero-order valence-corrected chi connectivity index (χ0v) is 13.9. The topological polar surface area (TPSA) is 67.6 Å². The number of fused-ring (bicyclic) bond motifs is 1. The van der Waals surface area contributed by atoms with Gasteiger partial charge >= 0.3 is 0 Å². The predicted octanol–water partition coefficient (Wildman–Crippen LogP) is 2.53. The van der Waals surface area contributed by atoms with Crippen LogP contribution in [0.2, 0.25) is 0 Å². The second-order valence-corrected chi connectivity index (χ2v) is 5.70. The molecule has 0 aliphatic rings. The number of aromatic amines is 1. The number of H-pyrrole nitrogens is 1. The summed E-state index contributed by atoms with van der Waals surface area (Å²) in [5.74, 6) is 0.0554. The maximum atomic E-state index is 11.9. The quantitative estimate of drug-likeness (QED) is 0.806. The molecule has 0 radical (unpaired) electrons. The van der Waals surface area contributed by atoms with E-state index in [1.54, 1.807) is 0 Å². The van der Waals surface area contributed by atoms with Gasteiger partial charge in [-0.05, 0) is 39.4 Å². The number of aryl methyl sites for hydroxylation is 3. The number of amides is 1.